The van der Waals surface area contributed by atoms with Gasteiger partial charge in [0, 0.05) is 6.61 Å². The van der Waals surface area contributed by atoms with Crippen molar-refractivity contribution in [1.82, 2.24) is 0 Å². The summed E-state index contributed by atoms with van der Waals surface area (Å²) in [4.78, 5) is 0. The van der Waals surface area contributed by atoms with Gasteiger partial charge in [0.1, 0.15) is 0 Å². The highest BCUT2D eigenvalue weighted by Crippen LogP contribution is 2.48. The fraction of sp³-hybridized carbons (Fsp3) is 1.00. The van der Waals surface area contributed by atoms with Crippen LogP contribution in [0.25, 0.3) is 0 Å². The molecule has 1 spiro atoms. The van der Waals surface area contributed by atoms with Crippen LogP contribution >= 0.6 is 11.8 Å². The molecule has 0 aromatic heterocycles. The smallest absolute Gasteiger partial charge is 0.0702 e. The Labute approximate surface area is 134 Å². The molecule has 3 aliphatic rings. The molecule has 2 saturated heterocycles. The van der Waals surface area contributed by atoms with E-state index in [-0.39, 0.29) is 5.60 Å². The van der Waals surface area contributed by atoms with Crippen LogP contribution in [0.1, 0.15) is 71.6 Å². The maximum atomic E-state index is 11.4. The number of aliphatic hydroxyl groups is 1. The van der Waals surface area contributed by atoms with Crippen LogP contribution < -0.4 is 0 Å². The van der Waals surface area contributed by atoms with Crippen LogP contribution in [-0.4, -0.2) is 34.4 Å². The minimum absolute atomic E-state index is 0.103. The molecule has 2 aliphatic heterocycles. The molecule has 0 aromatic rings. The molecule has 2 unspecified atom stereocenters. The Balaban J connectivity index is 1.70. The minimum atomic E-state index is -0.421. The Bertz CT molecular complexity index is 357. The molecule has 0 radical (unpaired) electrons. The van der Waals surface area contributed by atoms with Gasteiger partial charge in [0.2, 0.25) is 0 Å². The molecule has 3 heteroatoms. The van der Waals surface area contributed by atoms with Gasteiger partial charge in [-0.2, -0.15) is 11.8 Å². The fourth-order valence-corrected chi connectivity index (χ4v) is 5.90. The van der Waals surface area contributed by atoms with Crippen LogP contribution in [0.15, 0.2) is 0 Å². The molecule has 0 bridgehead atoms. The van der Waals surface area contributed by atoms with E-state index >= 15 is 0 Å². The van der Waals surface area contributed by atoms with Gasteiger partial charge in [-0.25, -0.2) is 0 Å². The Morgan fingerprint density at radius 1 is 1.00 bits per heavy atom. The summed E-state index contributed by atoms with van der Waals surface area (Å²) < 4.78 is 6.22. The van der Waals surface area contributed by atoms with Crippen LogP contribution in [0.2, 0.25) is 0 Å². The van der Waals surface area contributed by atoms with E-state index in [1.165, 1.54) is 43.6 Å². The van der Waals surface area contributed by atoms with Crippen LogP contribution in [0.5, 0.6) is 0 Å². The molecule has 21 heavy (non-hydrogen) atoms. The van der Waals surface area contributed by atoms with E-state index in [1.807, 2.05) is 0 Å². The van der Waals surface area contributed by atoms with Crippen molar-refractivity contribution >= 4 is 11.8 Å². The molecule has 1 N–H and O–H groups in total. The summed E-state index contributed by atoms with van der Waals surface area (Å²) in [5.41, 5.74) is 0.0929. The van der Waals surface area contributed by atoms with Gasteiger partial charge in [-0.1, -0.05) is 20.3 Å². The zero-order valence-corrected chi connectivity index (χ0v) is 14.6. The van der Waals surface area contributed by atoms with Crippen LogP contribution in [0.4, 0.5) is 0 Å². The first kappa shape index (κ1) is 16.1. The highest BCUT2D eigenvalue weighted by Gasteiger charge is 2.47. The zero-order chi connectivity index (χ0) is 15.0. The van der Waals surface area contributed by atoms with Gasteiger partial charge in [-0.05, 0) is 74.2 Å². The molecule has 2 heterocycles. The van der Waals surface area contributed by atoms with Crippen molar-refractivity contribution in [2.45, 2.75) is 82.8 Å². The molecular formula is C18H32O2S. The lowest BCUT2D eigenvalue weighted by atomic mass is 9.70. The molecular weight excluding hydrogens is 280 g/mol. The zero-order valence-electron chi connectivity index (χ0n) is 13.8. The molecule has 3 fully saturated rings. The minimum Gasteiger partial charge on any atom is -0.390 e. The predicted octanol–water partition coefficient (Wildman–Crippen LogP) is 4.40. The summed E-state index contributed by atoms with van der Waals surface area (Å²) in [6.45, 7) is 5.59. The molecule has 1 aliphatic carbocycles. The van der Waals surface area contributed by atoms with Gasteiger partial charge in [0.05, 0.1) is 11.2 Å². The Kier molecular flexibility index (Phi) is 4.65. The third kappa shape index (κ3) is 3.61. The largest absolute Gasteiger partial charge is 0.390 e. The van der Waals surface area contributed by atoms with Crippen molar-refractivity contribution in [3.63, 3.8) is 0 Å². The van der Waals surface area contributed by atoms with Crippen LogP contribution in [-0.2, 0) is 4.74 Å². The summed E-state index contributed by atoms with van der Waals surface area (Å²) in [5.74, 6) is 2.93. The molecule has 0 aromatic carbocycles. The summed E-state index contributed by atoms with van der Waals surface area (Å²) in [6, 6.07) is 0. The van der Waals surface area contributed by atoms with E-state index in [0.717, 1.165) is 32.3 Å². The first-order valence-electron chi connectivity index (χ1n) is 8.87. The third-order valence-corrected chi connectivity index (χ3v) is 7.34. The predicted molar refractivity (Wildman–Crippen MR) is 89.8 cm³/mol. The first-order chi connectivity index (χ1) is 9.93. The molecule has 122 valence electrons. The van der Waals surface area contributed by atoms with Crippen molar-refractivity contribution in [3.05, 3.63) is 0 Å². The van der Waals surface area contributed by atoms with Gasteiger partial charge in [0.25, 0.3) is 0 Å². The summed E-state index contributed by atoms with van der Waals surface area (Å²) in [5, 5.41) is 11.4. The Morgan fingerprint density at radius 3 is 2.52 bits per heavy atom. The number of rotatable bonds is 1. The van der Waals surface area contributed by atoms with E-state index in [2.05, 4.69) is 25.6 Å². The summed E-state index contributed by atoms with van der Waals surface area (Å²) >= 11 is 2.06. The highest BCUT2D eigenvalue weighted by molar-refractivity contribution is 7.99. The first-order valence-corrected chi connectivity index (χ1v) is 10.0. The summed E-state index contributed by atoms with van der Waals surface area (Å²) in [7, 11) is 0. The monoisotopic (exact) mass is 312 g/mol. The Hall–Kier alpha value is 0.270. The van der Waals surface area contributed by atoms with Crippen LogP contribution in [0, 0.1) is 11.3 Å². The van der Waals surface area contributed by atoms with Gasteiger partial charge in [-0.3, -0.25) is 0 Å². The van der Waals surface area contributed by atoms with Gasteiger partial charge >= 0.3 is 0 Å². The molecule has 1 saturated carbocycles. The second-order valence-corrected chi connectivity index (χ2v) is 9.68. The topological polar surface area (TPSA) is 29.5 Å². The fourth-order valence-electron chi connectivity index (χ4n) is 4.66. The maximum absolute atomic E-state index is 11.4. The second kappa shape index (κ2) is 6.05. The highest BCUT2D eigenvalue weighted by atomic mass is 32.2. The number of hydrogen-bond acceptors (Lipinski definition) is 3. The maximum Gasteiger partial charge on any atom is 0.0702 e. The normalized spacial score (nSPS) is 39.9. The third-order valence-electron chi connectivity index (χ3n) is 6.35. The van der Waals surface area contributed by atoms with E-state index in [0.29, 0.717) is 11.3 Å². The van der Waals surface area contributed by atoms with Crippen molar-refractivity contribution < 1.29 is 9.84 Å². The van der Waals surface area contributed by atoms with Crippen molar-refractivity contribution in [2.24, 2.45) is 11.3 Å². The standard InChI is InChI=1S/C18H32O2S/c1-16(2)5-3-6-18(19,8-7-16)15-4-11-20-17(14-15)9-12-21-13-10-17/h15,19H,3-14H2,1-2H3. The number of ether oxygens (including phenoxy) is 1. The van der Waals surface area contributed by atoms with E-state index < -0.39 is 5.60 Å². The molecule has 2 atom stereocenters. The lowest BCUT2D eigenvalue weighted by molar-refractivity contribution is -0.150. The number of thioether (sulfide) groups is 1. The van der Waals surface area contributed by atoms with Crippen molar-refractivity contribution in [3.8, 4) is 0 Å². The lowest BCUT2D eigenvalue weighted by Crippen LogP contribution is -2.50. The van der Waals surface area contributed by atoms with Gasteiger partial charge < -0.3 is 9.84 Å². The van der Waals surface area contributed by atoms with E-state index in [4.69, 9.17) is 4.74 Å². The number of hydrogen-bond donors (Lipinski definition) is 1. The average molecular weight is 313 g/mol. The second-order valence-electron chi connectivity index (χ2n) is 8.45. The van der Waals surface area contributed by atoms with Crippen molar-refractivity contribution in [1.29, 1.82) is 0 Å². The SMILES string of the molecule is CC1(C)CCCC(O)(C2CCOC3(CCSCC3)C2)CC1. The van der Waals surface area contributed by atoms with E-state index in [9.17, 15) is 5.11 Å². The lowest BCUT2D eigenvalue weighted by Gasteiger charge is -2.48. The van der Waals surface area contributed by atoms with Gasteiger partial charge in [-0.15, -0.1) is 0 Å². The van der Waals surface area contributed by atoms with Crippen LogP contribution in [0.3, 0.4) is 0 Å². The molecule has 0 amide bonds. The van der Waals surface area contributed by atoms with E-state index in [1.54, 1.807) is 0 Å². The Morgan fingerprint density at radius 2 is 1.76 bits per heavy atom. The molecule has 2 nitrogen and oxygen atoms in total. The van der Waals surface area contributed by atoms with Crippen molar-refractivity contribution in [2.75, 3.05) is 18.1 Å². The van der Waals surface area contributed by atoms with Gasteiger partial charge in [0.15, 0.2) is 0 Å². The quantitative estimate of drug-likeness (QED) is 0.728. The average Bonchev–Trinajstić information content (AvgIpc) is 2.60. The summed E-state index contributed by atoms with van der Waals surface area (Å²) in [6.07, 6.45) is 10.2. The molecule has 3 rings (SSSR count).